The van der Waals surface area contributed by atoms with Crippen molar-refractivity contribution < 1.29 is 9.53 Å². The maximum Gasteiger partial charge on any atom is 0.326 e. The minimum atomic E-state index is -0.463. The van der Waals surface area contributed by atoms with Crippen LogP contribution in [0.25, 0.3) is 0 Å². The summed E-state index contributed by atoms with van der Waals surface area (Å²) in [6.45, 7) is 0.682. The van der Waals surface area contributed by atoms with Crippen molar-refractivity contribution in [2.24, 2.45) is 0 Å². The van der Waals surface area contributed by atoms with Gasteiger partial charge in [-0.3, -0.25) is 10.1 Å². The monoisotopic (exact) mass is 237 g/mol. The van der Waals surface area contributed by atoms with E-state index in [1.54, 1.807) is 0 Å². The van der Waals surface area contributed by atoms with Crippen molar-refractivity contribution >= 4 is 17.6 Å². The zero-order chi connectivity index (χ0) is 11.3. The lowest BCUT2D eigenvalue weighted by atomic mass is 9.96. The average Bonchev–Trinajstić information content (AvgIpc) is 3.03. The Balaban J connectivity index is 1.98. The molecule has 2 aliphatic rings. The third-order valence-electron chi connectivity index (χ3n) is 3.59. The van der Waals surface area contributed by atoms with Crippen molar-refractivity contribution in [2.45, 2.75) is 24.4 Å². The normalized spacial score (nSPS) is 30.2. The van der Waals surface area contributed by atoms with Crippen molar-refractivity contribution in [3.05, 3.63) is 34.3 Å². The lowest BCUT2D eigenvalue weighted by molar-refractivity contribution is -0.144. The van der Waals surface area contributed by atoms with Gasteiger partial charge in [-0.1, -0.05) is 17.7 Å². The molecular formula is C12H12ClNO2. The number of carbonyl (C=O) groups is 1. The molecular weight excluding hydrogens is 226 g/mol. The molecule has 0 bridgehead atoms. The number of fused-ring (bicyclic) bond motifs is 3. The Labute approximate surface area is 98.7 Å². The number of methoxy groups -OCH3 is 1. The quantitative estimate of drug-likeness (QED) is 0.758. The van der Waals surface area contributed by atoms with Gasteiger partial charge in [-0.25, -0.2) is 0 Å². The minimum Gasteiger partial charge on any atom is -0.468 e. The van der Waals surface area contributed by atoms with Crippen LogP contribution < -0.4 is 5.32 Å². The van der Waals surface area contributed by atoms with Crippen LogP contribution in [0.15, 0.2) is 18.2 Å². The van der Waals surface area contributed by atoms with E-state index >= 15 is 0 Å². The second-order valence-corrected chi connectivity index (χ2v) is 4.85. The third kappa shape index (κ3) is 1.22. The molecule has 0 unspecified atom stereocenters. The van der Waals surface area contributed by atoms with E-state index in [1.807, 2.05) is 18.2 Å². The van der Waals surface area contributed by atoms with Crippen LogP contribution in [0.4, 0.5) is 0 Å². The lowest BCUT2D eigenvalue weighted by Gasteiger charge is -2.24. The SMILES string of the molecule is COC(=O)[C@]12C[C@@H]1c1ccc(Cl)cc1CN2. The fourth-order valence-corrected chi connectivity index (χ4v) is 2.83. The summed E-state index contributed by atoms with van der Waals surface area (Å²) < 4.78 is 4.85. The fraction of sp³-hybridized carbons (Fsp3) is 0.417. The van der Waals surface area contributed by atoms with E-state index in [2.05, 4.69) is 5.32 Å². The van der Waals surface area contributed by atoms with Crippen LogP contribution in [0.3, 0.4) is 0 Å². The molecule has 1 heterocycles. The molecule has 2 atom stereocenters. The largest absolute Gasteiger partial charge is 0.468 e. The summed E-state index contributed by atoms with van der Waals surface area (Å²) in [6.07, 6.45) is 0.828. The molecule has 0 amide bonds. The molecule has 1 fully saturated rings. The smallest absolute Gasteiger partial charge is 0.326 e. The van der Waals surface area contributed by atoms with Crippen LogP contribution in [0.1, 0.15) is 23.5 Å². The minimum absolute atomic E-state index is 0.155. The molecule has 0 spiro atoms. The first kappa shape index (κ1) is 10.1. The average molecular weight is 238 g/mol. The van der Waals surface area contributed by atoms with Gasteiger partial charge in [-0.05, 0) is 29.7 Å². The van der Waals surface area contributed by atoms with Gasteiger partial charge in [0, 0.05) is 17.5 Å². The Bertz CT molecular complexity index is 474. The maximum absolute atomic E-state index is 11.7. The molecule has 0 saturated heterocycles. The summed E-state index contributed by atoms with van der Waals surface area (Å²) in [7, 11) is 1.44. The fourth-order valence-electron chi connectivity index (χ4n) is 2.63. The highest BCUT2D eigenvalue weighted by Gasteiger charge is 2.63. The molecule has 1 aliphatic heterocycles. The van der Waals surface area contributed by atoms with E-state index in [9.17, 15) is 4.79 Å². The molecule has 0 radical (unpaired) electrons. The number of ether oxygens (including phenoxy) is 1. The first-order chi connectivity index (χ1) is 7.67. The van der Waals surface area contributed by atoms with E-state index in [1.165, 1.54) is 18.2 Å². The summed E-state index contributed by atoms with van der Waals surface area (Å²) in [5, 5.41) is 4.01. The third-order valence-corrected chi connectivity index (χ3v) is 3.82. The predicted molar refractivity (Wildman–Crippen MR) is 60.4 cm³/mol. The van der Waals surface area contributed by atoms with E-state index in [0.29, 0.717) is 6.54 Å². The molecule has 1 N–H and O–H groups in total. The van der Waals surface area contributed by atoms with Crippen LogP contribution >= 0.6 is 11.6 Å². The van der Waals surface area contributed by atoms with Crippen LogP contribution in [0.2, 0.25) is 5.02 Å². The van der Waals surface area contributed by atoms with Gasteiger partial charge in [0.15, 0.2) is 0 Å². The van der Waals surface area contributed by atoms with Crippen molar-refractivity contribution in [3.8, 4) is 0 Å². The Hall–Kier alpha value is -1.06. The Morgan fingerprint density at radius 1 is 1.62 bits per heavy atom. The molecule has 1 saturated carbocycles. The number of benzene rings is 1. The molecule has 16 heavy (non-hydrogen) atoms. The highest BCUT2D eigenvalue weighted by atomic mass is 35.5. The zero-order valence-corrected chi connectivity index (χ0v) is 9.67. The van der Waals surface area contributed by atoms with Gasteiger partial charge in [-0.2, -0.15) is 0 Å². The molecule has 1 aliphatic carbocycles. The first-order valence-corrected chi connectivity index (χ1v) is 5.67. The molecule has 1 aromatic carbocycles. The van der Waals surface area contributed by atoms with Crippen LogP contribution in [-0.4, -0.2) is 18.6 Å². The number of esters is 1. The number of hydrogen-bond donors (Lipinski definition) is 1. The van der Waals surface area contributed by atoms with Crippen molar-refractivity contribution in [2.75, 3.05) is 7.11 Å². The highest BCUT2D eigenvalue weighted by molar-refractivity contribution is 6.30. The summed E-state index contributed by atoms with van der Waals surface area (Å²) in [6, 6.07) is 5.86. The van der Waals surface area contributed by atoms with Gasteiger partial charge in [0.2, 0.25) is 0 Å². The highest BCUT2D eigenvalue weighted by Crippen LogP contribution is 2.55. The number of nitrogens with one attached hydrogen (secondary N) is 1. The number of halogens is 1. The van der Waals surface area contributed by atoms with Gasteiger partial charge in [0.25, 0.3) is 0 Å². The standard InChI is InChI=1S/C12H12ClNO2/c1-16-11(15)12-5-10(12)9-3-2-8(13)4-7(9)6-14-12/h2-4,10,14H,5-6H2,1H3/t10-,12+/m1/s1. The molecule has 4 heteroatoms. The summed E-state index contributed by atoms with van der Waals surface area (Å²) >= 11 is 5.94. The second-order valence-electron chi connectivity index (χ2n) is 4.42. The van der Waals surface area contributed by atoms with Crippen molar-refractivity contribution in [1.29, 1.82) is 0 Å². The van der Waals surface area contributed by atoms with Gasteiger partial charge < -0.3 is 4.74 Å². The van der Waals surface area contributed by atoms with Crippen molar-refractivity contribution in [1.82, 2.24) is 5.32 Å². The van der Waals surface area contributed by atoms with Gasteiger partial charge in [-0.15, -0.1) is 0 Å². The summed E-state index contributed by atoms with van der Waals surface area (Å²) in [4.78, 5) is 11.7. The number of rotatable bonds is 1. The van der Waals surface area contributed by atoms with Gasteiger partial charge >= 0.3 is 5.97 Å². The van der Waals surface area contributed by atoms with E-state index in [0.717, 1.165) is 11.4 Å². The van der Waals surface area contributed by atoms with Crippen molar-refractivity contribution in [3.63, 3.8) is 0 Å². The molecule has 84 valence electrons. The Kier molecular flexibility index (Phi) is 2.03. The second kappa shape index (κ2) is 3.22. The molecule has 3 nitrogen and oxygen atoms in total. The summed E-state index contributed by atoms with van der Waals surface area (Å²) in [5.41, 5.74) is 1.96. The lowest BCUT2D eigenvalue weighted by Crippen LogP contribution is -2.43. The van der Waals surface area contributed by atoms with E-state index < -0.39 is 5.54 Å². The number of hydrogen-bond acceptors (Lipinski definition) is 3. The molecule has 0 aromatic heterocycles. The molecule has 1 aromatic rings. The van der Waals surface area contributed by atoms with E-state index in [-0.39, 0.29) is 11.9 Å². The molecule has 3 rings (SSSR count). The van der Waals surface area contributed by atoms with E-state index in [4.69, 9.17) is 16.3 Å². The van der Waals surface area contributed by atoms with Gasteiger partial charge in [0.05, 0.1) is 7.11 Å². The maximum atomic E-state index is 11.7. The van der Waals surface area contributed by atoms with Gasteiger partial charge in [0.1, 0.15) is 5.54 Å². The first-order valence-electron chi connectivity index (χ1n) is 5.29. The summed E-state index contributed by atoms with van der Waals surface area (Å²) in [5.74, 6) is 0.0964. The van der Waals surface area contributed by atoms with Crippen LogP contribution in [0, 0.1) is 0 Å². The van der Waals surface area contributed by atoms with Crippen LogP contribution in [0.5, 0.6) is 0 Å². The topological polar surface area (TPSA) is 38.3 Å². The predicted octanol–water partition coefficient (Wildman–Crippen LogP) is 1.84. The Morgan fingerprint density at radius 3 is 3.19 bits per heavy atom. The zero-order valence-electron chi connectivity index (χ0n) is 8.92. The Morgan fingerprint density at radius 2 is 2.44 bits per heavy atom. The van der Waals surface area contributed by atoms with Crippen LogP contribution in [-0.2, 0) is 16.1 Å². The number of carbonyl (C=O) groups excluding carboxylic acids is 1.